The highest BCUT2D eigenvalue weighted by atomic mass is 16.4. The maximum absolute atomic E-state index is 10.5. The van der Waals surface area contributed by atoms with E-state index in [2.05, 4.69) is 0 Å². The van der Waals surface area contributed by atoms with E-state index in [1.54, 1.807) is 0 Å². The van der Waals surface area contributed by atoms with Crippen LogP contribution in [-0.2, 0) is 9.59 Å². The number of rotatable bonds is 4. The number of aliphatic carboxylic acids is 1. The predicted molar refractivity (Wildman–Crippen MR) is 36.7 cm³/mol. The van der Waals surface area contributed by atoms with Gasteiger partial charge in [-0.05, 0) is 5.92 Å². The molecule has 0 fully saturated rings. The van der Waals surface area contributed by atoms with Crippen LogP contribution in [0.5, 0.6) is 0 Å². The molecule has 3 nitrogen and oxygen atoms in total. The normalized spacial score (nSPS) is 12.6. The Morgan fingerprint density at radius 2 is 2.00 bits per heavy atom. The molecule has 0 spiro atoms. The van der Waals surface area contributed by atoms with Gasteiger partial charge < -0.3 is 5.11 Å². The molecule has 0 aliphatic rings. The quantitative estimate of drug-likeness (QED) is 0.600. The van der Waals surface area contributed by atoms with Crippen molar-refractivity contribution in [1.82, 2.24) is 0 Å². The molecule has 58 valence electrons. The number of ketones is 1. The van der Waals surface area contributed by atoms with Crippen LogP contribution in [0.2, 0.25) is 0 Å². The molecule has 1 N–H and O–H groups in total. The average Bonchev–Trinajstić information content (AvgIpc) is 1.87. The molecule has 0 aliphatic heterocycles. The Hall–Kier alpha value is -0.860. The smallest absolute Gasteiger partial charge is 0.372 e. The van der Waals surface area contributed by atoms with Crippen molar-refractivity contribution in [3.8, 4) is 0 Å². The van der Waals surface area contributed by atoms with E-state index in [1.807, 2.05) is 13.8 Å². The van der Waals surface area contributed by atoms with Gasteiger partial charge in [-0.15, -0.1) is 0 Å². The van der Waals surface area contributed by atoms with Gasteiger partial charge in [0.1, 0.15) is 0 Å². The minimum atomic E-state index is -1.32. The number of carbonyl (C=O) groups excluding carboxylic acids is 1. The number of carboxylic acids is 1. The SMILES string of the molecule is CC[C@@H](C)CC(=O)C(=O)O. The van der Waals surface area contributed by atoms with Crippen molar-refractivity contribution < 1.29 is 14.7 Å². The monoisotopic (exact) mass is 144 g/mol. The fourth-order valence-corrected chi connectivity index (χ4v) is 0.548. The van der Waals surface area contributed by atoms with Crippen LogP contribution in [0, 0.1) is 5.92 Å². The van der Waals surface area contributed by atoms with Gasteiger partial charge in [0.15, 0.2) is 0 Å². The van der Waals surface area contributed by atoms with Crippen molar-refractivity contribution in [2.75, 3.05) is 0 Å². The fourth-order valence-electron chi connectivity index (χ4n) is 0.548. The molecule has 0 aliphatic carbocycles. The summed E-state index contributed by atoms with van der Waals surface area (Å²) in [7, 11) is 0. The second-order valence-corrected chi connectivity index (χ2v) is 2.45. The van der Waals surface area contributed by atoms with E-state index in [9.17, 15) is 9.59 Å². The van der Waals surface area contributed by atoms with E-state index in [0.29, 0.717) is 0 Å². The first-order valence-corrected chi connectivity index (χ1v) is 3.34. The number of carboxylic acid groups (broad SMARTS) is 1. The van der Waals surface area contributed by atoms with Crippen molar-refractivity contribution in [3.05, 3.63) is 0 Å². The first kappa shape index (κ1) is 9.14. The summed E-state index contributed by atoms with van der Waals surface area (Å²) in [6.45, 7) is 3.79. The number of Topliss-reactive ketones (excluding diaryl/α,β-unsaturated/α-hetero) is 1. The highest BCUT2D eigenvalue weighted by molar-refractivity contribution is 6.32. The highest BCUT2D eigenvalue weighted by Gasteiger charge is 2.13. The van der Waals surface area contributed by atoms with Crippen molar-refractivity contribution >= 4 is 11.8 Å². The third-order valence-electron chi connectivity index (χ3n) is 1.47. The lowest BCUT2D eigenvalue weighted by molar-refractivity contribution is -0.149. The van der Waals surface area contributed by atoms with E-state index in [1.165, 1.54) is 0 Å². The van der Waals surface area contributed by atoms with E-state index < -0.39 is 11.8 Å². The standard InChI is InChI=1S/C7H12O3/c1-3-5(2)4-6(8)7(9)10/h5H,3-4H2,1-2H3,(H,9,10)/t5-/m1/s1. The third-order valence-corrected chi connectivity index (χ3v) is 1.47. The number of carbonyl (C=O) groups is 2. The molecule has 0 aromatic rings. The first-order chi connectivity index (χ1) is 4.57. The second-order valence-electron chi connectivity index (χ2n) is 2.45. The van der Waals surface area contributed by atoms with Crippen molar-refractivity contribution in [2.24, 2.45) is 5.92 Å². The van der Waals surface area contributed by atoms with Gasteiger partial charge in [-0.1, -0.05) is 20.3 Å². The summed E-state index contributed by atoms with van der Waals surface area (Å²) in [5.41, 5.74) is 0. The lowest BCUT2D eigenvalue weighted by Gasteiger charge is -2.02. The molecule has 0 saturated carbocycles. The Morgan fingerprint density at radius 3 is 2.30 bits per heavy atom. The summed E-state index contributed by atoms with van der Waals surface area (Å²) in [6, 6.07) is 0. The first-order valence-electron chi connectivity index (χ1n) is 3.34. The lowest BCUT2D eigenvalue weighted by atomic mass is 10.0. The summed E-state index contributed by atoms with van der Waals surface area (Å²) >= 11 is 0. The van der Waals surface area contributed by atoms with E-state index in [-0.39, 0.29) is 12.3 Å². The zero-order valence-corrected chi connectivity index (χ0v) is 6.26. The zero-order chi connectivity index (χ0) is 8.15. The Labute approximate surface area is 60.0 Å². The minimum Gasteiger partial charge on any atom is -0.476 e. The number of hydrogen-bond acceptors (Lipinski definition) is 2. The van der Waals surface area contributed by atoms with Crippen molar-refractivity contribution in [1.29, 1.82) is 0 Å². The topological polar surface area (TPSA) is 54.4 Å². The molecule has 0 aromatic heterocycles. The van der Waals surface area contributed by atoms with Gasteiger partial charge in [0, 0.05) is 6.42 Å². The zero-order valence-electron chi connectivity index (χ0n) is 6.26. The Morgan fingerprint density at radius 1 is 1.50 bits per heavy atom. The summed E-state index contributed by atoms with van der Waals surface area (Å²) in [5, 5.41) is 8.18. The maximum Gasteiger partial charge on any atom is 0.372 e. The molecular weight excluding hydrogens is 132 g/mol. The van der Waals surface area contributed by atoms with Gasteiger partial charge in [-0.3, -0.25) is 4.79 Å². The predicted octanol–water partition coefficient (Wildman–Crippen LogP) is 1.08. The van der Waals surface area contributed by atoms with Gasteiger partial charge >= 0.3 is 5.97 Å². The van der Waals surface area contributed by atoms with Gasteiger partial charge in [0.2, 0.25) is 5.78 Å². The van der Waals surface area contributed by atoms with Crippen LogP contribution in [-0.4, -0.2) is 16.9 Å². The molecule has 0 unspecified atom stereocenters. The molecule has 0 heterocycles. The molecule has 0 amide bonds. The van der Waals surface area contributed by atoms with Crippen LogP contribution < -0.4 is 0 Å². The van der Waals surface area contributed by atoms with E-state index in [4.69, 9.17) is 5.11 Å². The van der Waals surface area contributed by atoms with Gasteiger partial charge in [0.05, 0.1) is 0 Å². The molecule has 0 saturated heterocycles. The molecule has 10 heavy (non-hydrogen) atoms. The van der Waals surface area contributed by atoms with Gasteiger partial charge in [-0.2, -0.15) is 0 Å². The van der Waals surface area contributed by atoms with E-state index in [0.717, 1.165) is 6.42 Å². The summed E-state index contributed by atoms with van der Waals surface area (Å²) in [6.07, 6.45) is 1.00. The van der Waals surface area contributed by atoms with Gasteiger partial charge in [-0.25, -0.2) is 4.79 Å². The van der Waals surface area contributed by atoms with Crippen LogP contribution in [0.15, 0.2) is 0 Å². The molecular formula is C7H12O3. The third kappa shape index (κ3) is 3.22. The molecule has 0 radical (unpaired) electrons. The summed E-state index contributed by atoms with van der Waals surface area (Å²) in [5.74, 6) is -1.82. The highest BCUT2D eigenvalue weighted by Crippen LogP contribution is 2.06. The van der Waals surface area contributed by atoms with Crippen LogP contribution in [0.25, 0.3) is 0 Å². The molecule has 0 bridgehead atoms. The van der Waals surface area contributed by atoms with Crippen LogP contribution >= 0.6 is 0 Å². The Kier molecular flexibility index (Phi) is 3.69. The molecule has 1 atom stereocenters. The molecule has 0 aromatic carbocycles. The Bertz CT molecular complexity index is 140. The van der Waals surface area contributed by atoms with E-state index >= 15 is 0 Å². The van der Waals surface area contributed by atoms with Crippen LogP contribution in [0.4, 0.5) is 0 Å². The average molecular weight is 144 g/mol. The minimum absolute atomic E-state index is 0.159. The molecule has 3 heteroatoms. The summed E-state index contributed by atoms with van der Waals surface area (Å²) in [4.78, 5) is 20.5. The van der Waals surface area contributed by atoms with Crippen LogP contribution in [0.1, 0.15) is 26.7 Å². The lowest BCUT2D eigenvalue weighted by Crippen LogP contribution is -2.15. The van der Waals surface area contributed by atoms with Crippen LogP contribution in [0.3, 0.4) is 0 Å². The molecule has 0 rings (SSSR count). The Balaban J connectivity index is 3.68. The maximum atomic E-state index is 10.5. The van der Waals surface area contributed by atoms with Crippen molar-refractivity contribution in [3.63, 3.8) is 0 Å². The second kappa shape index (κ2) is 4.04. The fraction of sp³-hybridized carbons (Fsp3) is 0.714. The van der Waals surface area contributed by atoms with Crippen molar-refractivity contribution in [2.45, 2.75) is 26.7 Å². The number of hydrogen-bond donors (Lipinski definition) is 1. The largest absolute Gasteiger partial charge is 0.476 e. The van der Waals surface area contributed by atoms with Gasteiger partial charge in [0.25, 0.3) is 0 Å². The summed E-state index contributed by atoms with van der Waals surface area (Å²) < 4.78 is 0.